The van der Waals surface area contributed by atoms with Gasteiger partial charge in [-0.25, -0.2) is 4.98 Å². The maximum absolute atomic E-state index is 12.3. The van der Waals surface area contributed by atoms with Crippen molar-refractivity contribution in [3.63, 3.8) is 0 Å². The molecule has 0 aliphatic heterocycles. The number of nitrogens with one attached hydrogen (secondary N) is 1. The number of hydrogen-bond donors (Lipinski definition) is 1. The normalized spacial score (nSPS) is 10.9. The van der Waals surface area contributed by atoms with Crippen molar-refractivity contribution in [1.29, 1.82) is 0 Å². The van der Waals surface area contributed by atoms with E-state index in [1.807, 2.05) is 54.6 Å². The number of methoxy groups -OCH3 is 1. The summed E-state index contributed by atoms with van der Waals surface area (Å²) in [5.74, 6) is 2.36. The van der Waals surface area contributed by atoms with Gasteiger partial charge in [0.15, 0.2) is 11.5 Å². The third-order valence-electron chi connectivity index (χ3n) is 6.40. The standard InChI is InChI=1S/C31H34ClN3O3/c1-3-11-23-17-18-28(29(22-23)37-2)38-21-20-35-27-15-9-8-14-26(27)34-30(35)16-5-4-10-19-33-31(36)24-12-6-7-13-25(24)32/h3,6-9,12-15,17-18,22H,1,4-5,10-11,16,19-21H2,2H3,(H,33,36). The zero-order chi connectivity index (χ0) is 26.7. The Balaban J connectivity index is 1.30. The number of ether oxygens (including phenoxy) is 2. The van der Waals surface area contributed by atoms with E-state index in [0.717, 1.165) is 66.0 Å². The number of hydrogen-bond acceptors (Lipinski definition) is 4. The Morgan fingerprint density at radius 3 is 2.68 bits per heavy atom. The van der Waals surface area contributed by atoms with E-state index in [1.54, 1.807) is 19.2 Å². The lowest BCUT2D eigenvalue weighted by Gasteiger charge is -2.14. The van der Waals surface area contributed by atoms with Crippen LogP contribution in [0.5, 0.6) is 11.5 Å². The lowest BCUT2D eigenvalue weighted by atomic mass is 10.1. The van der Waals surface area contributed by atoms with Crippen LogP contribution in [0.3, 0.4) is 0 Å². The molecular formula is C31H34ClN3O3. The number of aromatic nitrogens is 2. The number of fused-ring (bicyclic) bond motifs is 1. The molecule has 0 fully saturated rings. The molecule has 0 radical (unpaired) electrons. The second-order valence-electron chi connectivity index (χ2n) is 9.04. The number of benzene rings is 3. The van der Waals surface area contributed by atoms with E-state index in [4.69, 9.17) is 26.1 Å². The molecule has 3 aromatic carbocycles. The molecular weight excluding hydrogens is 498 g/mol. The van der Waals surface area contributed by atoms with Gasteiger partial charge in [0.1, 0.15) is 12.4 Å². The Hall–Kier alpha value is -3.77. The molecule has 0 saturated heterocycles. The zero-order valence-corrected chi connectivity index (χ0v) is 22.5. The van der Waals surface area contributed by atoms with Crippen LogP contribution in [-0.4, -0.2) is 35.7 Å². The van der Waals surface area contributed by atoms with Crippen molar-refractivity contribution in [1.82, 2.24) is 14.9 Å². The number of nitrogens with zero attached hydrogens (tertiary/aromatic N) is 2. The van der Waals surface area contributed by atoms with Gasteiger partial charge in [0.25, 0.3) is 5.91 Å². The monoisotopic (exact) mass is 531 g/mol. The highest BCUT2D eigenvalue weighted by atomic mass is 35.5. The molecule has 7 heteroatoms. The van der Waals surface area contributed by atoms with E-state index in [-0.39, 0.29) is 5.91 Å². The van der Waals surface area contributed by atoms with Gasteiger partial charge in [-0.05, 0) is 61.2 Å². The summed E-state index contributed by atoms with van der Waals surface area (Å²) in [4.78, 5) is 17.2. The number of rotatable bonds is 14. The van der Waals surface area contributed by atoms with E-state index in [2.05, 4.69) is 22.5 Å². The van der Waals surface area contributed by atoms with Crippen LogP contribution in [0.25, 0.3) is 11.0 Å². The van der Waals surface area contributed by atoms with Crippen LogP contribution < -0.4 is 14.8 Å². The second-order valence-corrected chi connectivity index (χ2v) is 9.45. The first-order valence-corrected chi connectivity index (χ1v) is 13.4. The van der Waals surface area contributed by atoms with Gasteiger partial charge in [0.2, 0.25) is 0 Å². The summed E-state index contributed by atoms with van der Waals surface area (Å²) >= 11 is 6.11. The summed E-state index contributed by atoms with van der Waals surface area (Å²) in [5, 5.41) is 3.43. The first kappa shape index (κ1) is 27.3. The lowest BCUT2D eigenvalue weighted by Crippen LogP contribution is -2.24. The summed E-state index contributed by atoms with van der Waals surface area (Å²) in [6.07, 6.45) is 6.36. The van der Waals surface area contributed by atoms with Crippen molar-refractivity contribution in [3.05, 3.63) is 101 Å². The molecule has 0 atom stereocenters. The van der Waals surface area contributed by atoms with E-state index < -0.39 is 0 Å². The molecule has 38 heavy (non-hydrogen) atoms. The Kier molecular flexibility index (Phi) is 9.82. The largest absolute Gasteiger partial charge is 0.493 e. The summed E-state index contributed by atoms with van der Waals surface area (Å²) < 4.78 is 13.9. The molecule has 1 amide bonds. The van der Waals surface area contributed by atoms with Crippen LogP contribution >= 0.6 is 11.6 Å². The maximum atomic E-state index is 12.3. The van der Waals surface area contributed by atoms with Gasteiger partial charge in [0.05, 0.1) is 35.3 Å². The lowest BCUT2D eigenvalue weighted by molar-refractivity contribution is 0.0953. The first-order chi connectivity index (χ1) is 18.6. The fourth-order valence-electron chi connectivity index (χ4n) is 4.46. The summed E-state index contributed by atoms with van der Waals surface area (Å²) in [6.45, 7) is 5.59. The molecule has 1 heterocycles. The van der Waals surface area contributed by atoms with Gasteiger partial charge < -0.3 is 19.4 Å². The molecule has 4 rings (SSSR count). The first-order valence-electron chi connectivity index (χ1n) is 13.0. The number of halogens is 1. The minimum Gasteiger partial charge on any atom is -0.493 e. The number of amides is 1. The molecule has 0 aliphatic carbocycles. The number of imidazole rings is 1. The van der Waals surface area contributed by atoms with Gasteiger partial charge in [0, 0.05) is 13.0 Å². The molecule has 4 aromatic rings. The molecule has 1 aromatic heterocycles. The minimum absolute atomic E-state index is 0.135. The highest BCUT2D eigenvalue weighted by molar-refractivity contribution is 6.33. The zero-order valence-electron chi connectivity index (χ0n) is 21.8. The van der Waals surface area contributed by atoms with Crippen LogP contribution in [-0.2, 0) is 19.4 Å². The van der Waals surface area contributed by atoms with Crippen LogP contribution in [0.4, 0.5) is 0 Å². The van der Waals surface area contributed by atoms with Crippen LogP contribution in [0.15, 0.2) is 79.4 Å². The topological polar surface area (TPSA) is 65.4 Å². The van der Waals surface area contributed by atoms with Crippen molar-refractivity contribution in [2.45, 2.75) is 38.6 Å². The van der Waals surface area contributed by atoms with Crippen LogP contribution in [0.2, 0.25) is 5.02 Å². The quantitative estimate of drug-likeness (QED) is 0.146. The average Bonchev–Trinajstić information content (AvgIpc) is 3.28. The van der Waals surface area contributed by atoms with Crippen molar-refractivity contribution in [2.24, 2.45) is 0 Å². The van der Waals surface area contributed by atoms with E-state index in [0.29, 0.717) is 30.3 Å². The Morgan fingerprint density at radius 2 is 1.87 bits per heavy atom. The summed E-state index contributed by atoms with van der Waals surface area (Å²) in [7, 11) is 1.66. The molecule has 1 N–H and O–H groups in total. The van der Waals surface area contributed by atoms with Crippen molar-refractivity contribution in [3.8, 4) is 11.5 Å². The number of aryl methyl sites for hydroxylation is 1. The molecule has 0 aliphatic rings. The fraction of sp³-hybridized carbons (Fsp3) is 0.290. The summed E-state index contributed by atoms with van der Waals surface area (Å²) in [6, 6.07) is 21.3. The average molecular weight is 532 g/mol. The smallest absolute Gasteiger partial charge is 0.252 e. The molecule has 0 saturated carbocycles. The third-order valence-corrected chi connectivity index (χ3v) is 6.72. The Bertz CT molecular complexity index is 1380. The van der Waals surface area contributed by atoms with Gasteiger partial charge in [-0.2, -0.15) is 0 Å². The highest BCUT2D eigenvalue weighted by Gasteiger charge is 2.12. The molecule has 6 nitrogen and oxygen atoms in total. The van der Waals surface area contributed by atoms with Crippen LogP contribution in [0.1, 0.15) is 41.0 Å². The second kappa shape index (κ2) is 13.7. The summed E-state index contributed by atoms with van der Waals surface area (Å²) in [5.41, 5.74) is 3.73. The maximum Gasteiger partial charge on any atom is 0.252 e. The predicted octanol–water partition coefficient (Wildman–Crippen LogP) is 6.65. The number of carbonyl (C=O) groups excluding carboxylic acids is 1. The SMILES string of the molecule is C=CCc1ccc(OCCn2c(CCCCCNC(=O)c3ccccc3Cl)nc3ccccc32)c(OC)c1. The minimum atomic E-state index is -0.135. The predicted molar refractivity (Wildman–Crippen MR) is 153 cm³/mol. The number of carbonyl (C=O) groups is 1. The molecule has 0 unspecified atom stereocenters. The number of allylic oxidation sites excluding steroid dienone is 1. The van der Waals surface area contributed by atoms with E-state index in [9.17, 15) is 4.79 Å². The fourth-order valence-corrected chi connectivity index (χ4v) is 4.69. The van der Waals surface area contributed by atoms with E-state index >= 15 is 0 Å². The molecule has 198 valence electrons. The number of para-hydroxylation sites is 2. The third kappa shape index (κ3) is 6.95. The van der Waals surface area contributed by atoms with Crippen molar-refractivity contribution in [2.75, 3.05) is 20.3 Å². The van der Waals surface area contributed by atoms with Gasteiger partial charge in [-0.1, -0.05) is 54.4 Å². The van der Waals surface area contributed by atoms with E-state index in [1.165, 1.54) is 0 Å². The Morgan fingerprint density at radius 1 is 1.05 bits per heavy atom. The van der Waals surface area contributed by atoms with Crippen LogP contribution in [0, 0.1) is 0 Å². The van der Waals surface area contributed by atoms with Crippen molar-refractivity contribution < 1.29 is 14.3 Å². The number of unbranched alkanes of at least 4 members (excludes halogenated alkanes) is 2. The highest BCUT2D eigenvalue weighted by Crippen LogP contribution is 2.28. The molecule has 0 bridgehead atoms. The van der Waals surface area contributed by atoms with Gasteiger partial charge in [-0.3, -0.25) is 4.79 Å². The Labute approximate surface area is 229 Å². The van der Waals surface area contributed by atoms with Gasteiger partial charge in [-0.15, -0.1) is 6.58 Å². The van der Waals surface area contributed by atoms with Crippen molar-refractivity contribution >= 4 is 28.5 Å². The molecule has 0 spiro atoms. The van der Waals surface area contributed by atoms with Gasteiger partial charge >= 0.3 is 0 Å².